The Morgan fingerprint density at radius 2 is 2.06 bits per heavy atom. The number of nitrogen functional groups attached to an aromatic ring is 1. The number of anilines is 2. The van der Waals surface area contributed by atoms with Gasteiger partial charge in [0.2, 0.25) is 0 Å². The number of nitrogens with two attached hydrogens (primary N) is 1. The van der Waals surface area contributed by atoms with E-state index in [0.29, 0.717) is 16.1 Å². The van der Waals surface area contributed by atoms with Gasteiger partial charge in [-0.2, -0.15) is 5.10 Å². The molecule has 1 amide bonds. The van der Waals surface area contributed by atoms with Crippen LogP contribution in [0.2, 0.25) is 0 Å². The molecule has 1 aromatic heterocycles. The van der Waals surface area contributed by atoms with Crippen molar-refractivity contribution in [1.29, 1.82) is 0 Å². The van der Waals surface area contributed by atoms with E-state index in [1.165, 1.54) is 0 Å². The Balaban J connectivity index is 2.89. The highest BCUT2D eigenvalue weighted by atomic mass is 79.9. The second-order valence-corrected chi connectivity index (χ2v) is 5.97. The molecular formula is C11H19BrN4O2. The molecule has 102 valence electrons. The van der Waals surface area contributed by atoms with E-state index in [-0.39, 0.29) is 6.04 Å². The monoisotopic (exact) mass is 318 g/mol. The number of ether oxygens (including phenoxy) is 1. The Morgan fingerprint density at radius 3 is 2.44 bits per heavy atom. The van der Waals surface area contributed by atoms with Crippen LogP contribution in [0, 0.1) is 0 Å². The van der Waals surface area contributed by atoms with E-state index in [1.54, 1.807) is 25.5 Å². The molecule has 0 atom stereocenters. The van der Waals surface area contributed by atoms with Crippen LogP contribution in [0.5, 0.6) is 0 Å². The van der Waals surface area contributed by atoms with Crippen molar-refractivity contribution in [3.8, 4) is 0 Å². The third kappa shape index (κ3) is 3.63. The molecule has 0 unspecified atom stereocenters. The lowest BCUT2D eigenvalue weighted by Gasteiger charge is -2.19. The van der Waals surface area contributed by atoms with Crippen molar-refractivity contribution in [2.45, 2.75) is 46.3 Å². The van der Waals surface area contributed by atoms with Crippen molar-refractivity contribution in [2.24, 2.45) is 0 Å². The van der Waals surface area contributed by atoms with Crippen molar-refractivity contribution >= 4 is 33.5 Å². The first-order valence-corrected chi connectivity index (χ1v) is 6.44. The fourth-order valence-corrected chi connectivity index (χ4v) is 1.81. The molecule has 0 aliphatic rings. The number of carbonyl (C=O) groups is 1. The van der Waals surface area contributed by atoms with Crippen LogP contribution in [0.3, 0.4) is 0 Å². The summed E-state index contributed by atoms with van der Waals surface area (Å²) in [4.78, 5) is 11.7. The molecule has 1 rings (SSSR count). The minimum absolute atomic E-state index is 0.107. The average Bonchev–Trinajstić information content (AvgIpc) is 2.42. The number of hydrogen-bond acceptors (Lipinski definition) is 4. The number of carbonyl (C=O) groups excluding carboxylic acids is 1. The summed E-state index contributed by atoms with van der Waals surface area (Å²) >= 11 is 3.26. The van der Waals surface area contributed by atoms with Gasteiger partial charge in [0.1, 0.15) is 17.1 Å². The molecule has 0 spiro atoms. The van der Waals surface area contributed by atoms with E-state index in [4.69, 9.17) is 10.5 Å². The number of aromatic nitrogens is 2. The first-order chi connectivity index (χ1) is 8.11. The molecular weight excluding hydrogens is 300 g/mol. The normalized spacial score (nSPS) is 11.7. The third-order valence-electron chi connectivity index (χ3n) is 2.02. The van der Waals surface area contributed by atoms with E-state index >= 15 is 0 Å². The van der Waals surface area contributed by atoms with E-state index in [9.17, 15) is 4.79 Å². The van der Waals surface area contributed by atoms with Gasteiger partial charge in [0.25, 0.3) is 0 Å². The van der Waals surface area contributed by atoms with E-state index in [1.807, 2.05) is 13.8 Å². The van der Waals surface area contributed by atoms with Crippen LogP contribution in [0.4, 0.5) is 16.3 Å². The molecule has 18 heavy (non-hydrogen) atoms. The van der Waals surface area contributed by atoms with Gasteiger partial charge in [-0.1, -0.05) is 0 Å². The second kappa shape index (κ2) is 5.17. The van der Waals surface area contributed by atoms with Gasteiger partial charge in [0, 0.05) is 6.04 Å². The molecule has 3 N–H and O–H groups in total. The number of amides is 1. The Kier molecular flexibility index (Phi) is 4.26. The predicted molar refractivity (Wildman–Crippen MR) is 74.6 cm³/mol. The van der Waals surface area contributed by atoms with Gasteiger partial charge in [-0.05, 0) is 50.5 Å². The molecule has 0 bridgehead atoms. The highest BCUT2D eigenvalue weighted by Crippen LogP contribution is 2.30. The molecule has 1 heterocycles. The van der Waals surface area contributed by atoms with Crippen molar-refractivity contribution in [2.75, 3.05) is 11.1 Å². The van der Waals surface area contributed by atoms with Crippen LogP contribution >= 0.6 is 15.9 Å². The summed E-state index contributed by atoms with van der Waals surface area (Å²) in [5, 5.41) is 6.79. The fourth-order valence-electron chi connectivity index (χ4n) is 1.33. The van der Waals surface area contributed by atoms with Gasteiger partial charge in [-0.3, -0.25) is 5.32 Å². The van der Waals surface area contributed by atoms with Gasteiger partial charge < -0.3 is 10.5 Å². The molecule has 0 aromatic carbocycles. The maximum atomic E-state index is 11.7. The van der Waals surface area contributed by atoms with Crippen molar-refractivity contribution in [1.82, 2.24) is 9.78 Å². The first kappa shape index (κ1) is 14.8. The quantitative estimate of drug-likeness (QED) is 0.877. The van der Waals surface area contributed by atoms with Crippen LogP contribution in [0.1, 0.15) is 40.7 Å². The number of rotatable bonds is 2. The zero-order chi connectivity index (χ0) is 14.1. The van der Waals surface area contributed by atoms with Crippen molar-refractivity contribution < 1.29 is 9.53 Å². The maximum Gasteiger partial charge on any atom is 0.412 e. The molecule has 0 saturated heterocycles. The lowest BCUT2D eigenvalue weighted by molar-refractivity contribution is 0.0636. The van der Waals surface area contributed by atoms with Gasteiger partial charge >= 0.3 is 6.09 Å². The van der Waals surface area contributed by atoms with Gasteiger partial charge in [0.05, 0.1) is 0 Å². The van der Waals surface area contributed by atoms with Crippen molar-refractivity contribution in [3.05, 3.63) is 4.60 Å². The molecule has 7 heteroatoms. The SMILES string of the molecule is CC(C)n1nc(Br)c(NC(=O)OC(C)(C)C)c1N. The zero-order valence-corrected chi connectivity index (χ0v) is 12.8. The van der Waals surface area contributed by atoms with E-state index in [2.05, 4.69) is 26.3 Å². The van der Waals surface area contributed by atoms with Crippen LogP contribution in [0.25, 0.3) is 0 Å². The number of nitrogens with one attached hydrogen (secondary N) is 1. The fraction of sp³-hybridized carbons (Fsp3) is 0.636. The van der Waals surface area contributed by atoms with Crippen molar-refractivity contribution in [3.63, 3.8) is 0 Å². The Bertz CT molecular complexity index is 449. The van der Waals surface area contributed by atoms with Gasteiger partial charge in [-0.15, -0.1) is 0 Å². The maximum absolute atomic E-state index is 11.7. The summed E-state index contributed by atoms with van der Waals surface area (Å²) in [5.74, 6) is 0.391. The standard InChI is InChI=1S/C11H19BrN4O2/c1-6(2)16-9(13)7(8(12)15-16)14-10(17)18-11(3,4)5/h6H,13H2,1-5H3,(H,14,17). The predicted octanol–water partition coefficient (Wildman–Crippen LogP) is 3.16. The largest absolute Gasteiger partial charge is 0.444 e. The van der Waals surface area contributed by atoms with Gasteiger partial charge in [-0.25, -0.2) is 9.48 Å². The topological polar surface area (TPSA) is 82.2 Å². The molecule has 0 aliphatic carbocycles. The minimum Gasteiger partial charge on any atom is -0.444 e. The molecule has 0 saturated carbocycles. The Hall–Kier alpha value is -1.24. The number of halogens is 1. The average molecular weight is 319 g/mol. The first-order valence-electron chi connectivity index (χ1n) is 5.65. The Morgan fingerprint density at radius 1 is 1.50 bits per heavy atom. The number of nitrogens with zero attached hydrogens (tertiary/aromatic N) is 2. The molecule has 6 nitrogen and oxygen atoms in total. The van der Waals surface area contributed by atoms with Crippen LogP contribution in [-0.4, -0.2) is 21.5 Å². The van der Waals surface area contributed by atoms with Gasteiger partial charge in [0.15, 0.2) is 4.60 Å². The van der Waals surface area contributed by atoms with Crippen LogP contribution in [-0.2, 0) is 4.74 Å². The lowest BCUT2D eigenvalue weighted by atomic mass is 10.2. The van der Waals surface area contributed by atoms with Crippen LogP contribution < -0.4 is 11.1 Å². The summed E-state index contributed by atoms with van der Waals surface area (Å²) in [6.45, 7) is 9.29. The summed E-state index contributed by atoms with van der Waals surface area (Å²) in [6, 6.07) is 0.107. The third-order valence-corrected chi connectivity index (χ3v) is 2.57. The minimum atomic E-state index is -0.557. The Labute approximate surface area is 115 Å². The van der Waals surface area contributed by atoms with E-state index in [0.717, 1.165) is 0 Å². The zero-order valence-electron chi connectivity index (χ0n) is 11.2. The summed E-state index contributed by atoms with van der Waals surface area (Å²) in [6.07, 6.45) is -0.557. The highest BCUT2D eigenvalue weighted by molar-refractivity contribution is 9.10. The smallest absolute Gasteiger partial charge is 0.412 e. The second-order valence-electron chi connectivity index (χ2n) is 5.22. The van der Waals surface area contributed by atoms with E-state index < -0.39 is 11.7 Å². The molecule has 0 radical (unpaired) electrons. The summed E-state index contributed by atoms with van der Waals surface area (Å²) in [7, 11) is 0. The van der Waals surface area contributed by atoms with Crippen LogP contribution in [0.15, 0.2) is 4.60 Å². The number of hydrogen-bond donors (Lipinski definition) is 2. The molecule has 1 aromatic rings. The highest BCUT2D eigenvalue weighted by Gasteiger charge is 2.21. The molecule has 0 fully saturated rings. The molecule has 0 aliphatic heterocycles. The lowest BCUT2D eigenvalue weighted by Crippen LogP contribution is -2.27. The summed E-state index contributed by atoms with van der Waals surface area (Å²) in [5.41, 5.74) is 5.79. The summed E-state index contributed by atoms with van der Waals surface area (Å²) < 4.78 is 7.27.